The Balaban J connectivity index is 1.78. The zero-order valence-corrected chi connectivity index (χ0v) is 12.6. The predicted molar refractivity (Wildman–Crippen MR) is 83.3 cm³/mol. The summed E-state index contributed by atoms with van der Waals surface area (Å²) in [5.74, 6) is -0.216. The minimum Gasteiger partial charge on any atom is -0.304 e. The van der Waals surface area contributed by atoms with Gasteiger partial charge in [0.05, 0.1) is 10.5 Å². The number of pyridine rings is 1. The van der Waals surface area contributed by atoms with Crippen LogP contribution in [-0.2, 0) is 0 Å². The topological polar surface area (TPSA) is 48.5 Å². The Hall–Kier alpha value is -1.69. The molecule has 0 unspecified atom stereocenters. The highest BCUT2D eigenvalue weighted by Gasteiger charge is 2.18. The van der Waals surface area contributed by atoms with Crippen molar-refractivity contribution in [1.29, 1.82) is 0 Å². The summed E-state index contributed by atoms with van der Waals surface area (Å²) in [4.78, 5) is 18.9. The Morgan fingerprint density at radius 2 is 1.95 bits per heavy atom. The van der Waals surface area contributed by atoms with Crippen LogP contribution in [0.15, 0.2) is 30.3 Å². The van der Waals surface area contributed by atoms with E-state index in [0.29, 0.717) is 10.7 Å². The minimum atomic E-state index is -0.216. The maximum Gasteiger partial charge on any atom is 0.284 e. The zero-order chi connectivity index (χ0) is 14.8. The summed E-state index contributed by atoms with van der Waals surface area (Å²) in [5, 5.41) is 3.33. The zero-order valence-electron chi connectivity index (χ0n) is 11.8. The van der Waals surface area contributed by atoms with Crippen molar-refractivity contribution in [3.63, 3.8) is 0 Å². The second-order valence-electron chi connectivity index (χ2n) is 5.24. The van der Waals surface area contributed by atoms with Crippen LogP contribution in [0.25, 0.3) is 10.9 Å². The van der Waals surface area contributed by atoms with Gasteiger partial charge in [0.25, 0.3) is 5.91 Å². The van der Waals surface area contributed by atoms with Crippen molar-refractivity contribution in [3.05, 3.63) is 41.0 Å². The smallest absolute Gasteiger partial charge is 0.284 e. The molecule has 1 aromatic heterocycles. The highest BCUT2D eigenvalue weighted by molar-refractivity contribution is 6.35. The molecule has 21 heavy (non-hydrogen) atoms. The number of benzene rings is 1. The number of carbonyl (C=O) groups is 1. The number of halogens is 1. The maximum absolute atomic E-state index is 12.3. The summed E-state index contributed by atoms with van der Waals surface area (Å²) in [6.07, 6.45) is 0. The van der Waals surface area contributed by atoms with Gasteiger partial charge in [-0.2, -0.15) is 0 Å². The highest BCUT2D eigenvalue weighted by Crippen LogP contribution is 2.22. The number of nitrogens with one attached hydrogen (secondary N) is 1. The molecule has 2 heterocycles. The van der Waals surface area contributed by atoms with E-state index in [2.05, 4.69) is 22.4 Å². The summed E-state index contributed by atoms with van der Waals surface area (Å²) in [5.41, 5.74) is 3.97. The van der Waals surface area contributed by atoms with Gasteiger partial charge in [-0.1, -0.05) is 29.8 Å². The Morgan fingerprint density at radius 1 is 1.24 bits per heavy atom. The molecule has 1 saturated heterocycles. The van der Waals surface area contributed by atoms with Crippen LogP contribution < -0.4 is 5.43 Å². The second-order valence-corrected chi connectivity index (χ2v) is 5.64. The normalized spacial score (nSPS) is 17.0. The molecule has 1 fully saturated rings. The molecule has 3 rings (SSSR count). The first-order valence-electron chi connectivity index (χ1n) is 6.93. The number of piperazine rings is 1. The molecule has 1 aromatic carbocycles. The molecular formula is C15H17ClN4O. The van der Waals surface area contributed by atoms with E-state index in [4.69, 9.17) is 11.6 Å². The number of aromatic nitrogens is 1. The Labute approximate surface area is 128 Å². The van der Waals surface area contributed by atoms with Gasteiger partial charge in [0, 0.05) is 31.6 Å². The summed E-state index contributed by atoms with van der Waals surface area (Å²) in [7, 11) is 2.07. The number of nitrogens with zero attached hydrogens (tertiary/aromatic N) is 3. The summed E-state index contributed by atoms with van der Waals surface area (Å²) >= 11 is 6.23. The van der Waals surface area contributed by atoms with Crippen molar-refractivity contribution in [2.75, 3.05) is 33.2 Å². The first-order chi connectivity index (χ1) is 10.1. The van der Waals surface area contributed by atoms with Gasteiger partial charge in [0.15, 0.2) is 0 Å². The molecule has 5 nitrogen and oxygen atoms in total. The molecule has 0 radical (unpaired) electrons. The molecule has 1 aliphatic rings. The van der Waals surface area contributed by atoms with E-state index in [-0.39, 0.29) is 5.91 Å². The molecule has 1 amide bonds. The maximum atomic E-state index is 12.3. The predicted octanol–water partition coefficient (Wildman–Crippen LogP) is 1.78. The molecule has 0 saturated carbocycles. The van der Waals surface area contributed by atoms with Crippen molar-refractivity contribution < 1.29 is 4.79 Å². The first-order valence-corrected chi connectivity index (χ1v) is 7.31. The lowest BCUT2D eigenvalue weighted by Crippen LogP contribution is -2.52. The van der Waals surface area contributed by atoms with Crippen molar-refractivity contribution in [1.82, 2.24) is 20.3 Å². The number of carbonyl (C=O) groups excluding carboxylic acids is 1. The van der Waals surface area contributed by atoms with Crippen molar-refractivity contribution >= 4 is 28.4 Å². The molecular weight excluding hydrogens is 288 g/mol. The SMILES string of the molecule is CN1CCN(NC(=O)c2cc(Cl)c3ccccc3n2)CC1. The monoisotopic (exact) mass is 304 g/mol. The van der Waals surface area contributed by atoms with Gasteiger partial charge in [-0.15, -0.1) is 0 Å². The van der Waals surface area contributed by atoms with E-state index in [1.54, 1.807) is 6.07 Å². The van der Waals surface area contributed by atoms with Crippen molar-refractivity contribution in [2.45, 2.75) is 0 Å². The molecule has 0 aliphatic carbocycles. The fourth-order valence-electron chi connectivity index (χ4n) is 2.37. The van der Waals surface area contributed by atoms with E-state index in [1.165, 1.54) is 0 Å². The molecule has 0 bridgehead atoms. The van der Waals surface area contributed by atoms with Crippen LogP contribution >= 0.6 is 11.6 Å². The molecule has 1 aliphatic heterocycles. The number of fused-ring (bicyclic) bond motifs is 1. The number of para-hydroxylation sites is 1. The fraction of sp³-hybridized carbons (Fsp3) is 0.333. The summed E-state index contributed by atoms with van der Waals surface area (Å²) < 4.78 is 0. The van der Waals surface area contributed by atoms with Crippen molar-refractivity contribution in [2.24, 2.45) is 0 Å². The quantitative estimate of drug-likeness (QED) is 0.919. The Bertz CT molecular complexity index is 668. The average molecular weight is 305 g/mol. The molecule has 110 valence electrons. The van der Waals surface area contributed by atoms with Crippen LogP contribution in [0, 0.1) is 0 Å². The number of likely N-dealkylation sites (N-methyl/N-ethyl adjacent to an activating group) is 1. The highest BCUT2D eigenvalue weighted by atomic mass is 35.5. The van der Waals surface area contributed by atoms with Crippen LogP contribution in [0.1, 0.15) is 10.5 Å². The Kier molecular flexibility index (Phi) is 4.05. The number of rotatable bonds is 2. The molecule has 0 spiro atoms. The third-order valence-corrected chi connectivity index (χ3v) is 3.97. The lowest BCUT2D eigenvalue weighted by Gasteiger charge is -2.32. The molecule has 6 heteroatoms. The third-order valence-electron chi connectivity index (χ3n) is 3.66. The lowest BCUT2D eigenvalue weighted by molar-refractivity contribution is 0.0658. The second kappa shape index (κ2) is 5.97. The average Bonchev–Trinajstić information content (AvgIpc) is 2.49. The van der Waals surface area contributed by atoms with Gasteiger partial charge in [0.2, 0.25) is 0 Å². The molecule has 2 aromatic rings. The third kappa shape index (κ3) is 3.15. The minimum absolute atomic E-state index is 0.216. The van der Waals surface area contributed by atoms with Gasteiger partial charge >= 0.3 is 0 Å². The van der Waals surface area contributed by atoms with E-state index in [9.17, 15) is 4.79 Å². The van der Waals surface area contributed by atoms with Crippen LogP contribution in [0.5, 0.6) is 0 Å². The molecule has 1 N–H and O–H groups in total. The first kappa shape index (κ1) is 14.3. The summed E-state index contributed by atoms with van der Waals surface area (Å²) in [6.45, 7) is 3.49. The van der Waals surface area contributed by atoms with Crippen LogP contribution in [0.4, 0.5) is 0 Å². The number of hydrogen-bond donors (Lipinski definition) is 1. The fourth-order valence-corrected chi connectivity index (χ4v) is 2.63. The van der Waals surface area contributed by atoms with E-state index in [1.807, 2.05) is 29.3 Å². The summed E-state index contributed by atoms with van der Waals surface area (Å²) in [6, 6.07) is 9.16. The van der Waals surface area contributed by atoms with Gasteiger partial charge in [-0.05, 0) is 19.2 Å². The number of amides is 1. The van der Waals surface area contributed by atoms with Crippen molar-refractivity contribution in [3.8, 4) is 0 Å². The van der Waals surface area contributed by atoms with E-state index in [0.717, 1.165) is 37.1 Å². The standard InChI is InChI=1S/C15H17ClN4O/c1-19-6-8-20(9-7-19)18-15(21)14-10-12(16)11-4-2-3-5-13(11)17-14/h2-5,10H,6-9H2,1H3,(H,18,21). The van der Waals surface area contributed by atoms with E-state index < -0.39 is 0 Å². The van der Waals surface area contributed by atoms with Gasteiger partial charge in [0.1, 0.15) is 5.69 Å². The van der Waals surface area contributed by atoms with Crippen LogP contribution in [0.3, 0.4) is 0 Å². The number of hydrogen-bond acceptors (Lipinski definition) is 4. The number of hydrazine groups is 1. The largest absolute Gasteiger partial charge is 0.304 e. The Morgan fingerprint density at radius 3 is 2.71 bits per heavy atom. The van der Waals surface area contributed by atoms with Crippen LogP contribution in [-0.4, -0.2) is 54.0 Å². The van der Waals surface area contributed by atoms with E-state index >= 15 is 0 Å². The van der Waals surface area contributed by atoms with Gasteiger partial charge in [-0.3, -0.25) is 10.2 Å². The molecule has 0 atom stereocenters. The van der Waals surface area contributed by atoms with Crippen LogP contribution in [0.2, 0.25) is 5.02 Å². The van der Waals surface area contributed by atoms with Gasteiger partial charge in [-0.25, -0.2) is 9.99 Å². The van der Waals surface area contributed by atoms with Gasteiger partial charge < -0.3 is 4.90 Å². The lowest BCUT2D eigenvalue weighted by atomic mass is 10.2.